The molecule has 0 spiro atoms. The van der Waals surface area contributed by atoms with Crippen LogP contribution in [0.25, 0.3) is 0 Å². The van der Waals surface area contributed by atoms with Crippen LogP contribution in [0.5, 0.6) is 0 Å². The maximum Gasteiger partial charge on any atom is 0.310 e. The van der Waals surface area contributed by atoms with Crippen molar-refractivity contribution >= 4 is 5.97 Å². The lowest BCUT2D eigenvalue weighted by Gasteiger charge is -2.31. The van der Waals surface area contributed by atoms with E-state index in [0.29, 0.717) is 25.0 Å². The Kier molecular flexibility index (Phi) is 7.28. The number of carbonyl (C=O) groups is 1. The van der Waals surface area contributed by atoms with E-state index >= 15 is 0 Å². The molecule has 1 aliphatic rings. The van der Waals surface area contributed by atoms with E-state index in [1.165, 1.54) is 0 Å². The number of aliphatic hydroxyl groups excluding tert-OH is 1. The highest BCUT2D eigenvalue weighted by molar-refractivity contribution is 5.73. The van der Waals surface area contributed by atoms with Gasteiger partial charge in [-0.1, -0.05) is 13.3 Å². The number of nitrogens with two attached hydrogens (primary N) is 1. The maximum absolute atomic E-state index is 11.9. The highest BCUT2D eigenvalue weighted by Crippen LogP contribution is 2.33. The van der Waals surface area contributed by atoms with Crippen LogP contribution in [-0.4, -0.2) is 30.8 Å². The lowest BCUT2D eigenvalue weighted by Crippen LogP contribution is -2.35. The fourth-order valence-electron chi connectivity index (χ4n) is 2.68. The first-order valence-corrected chi connectivity index (χ1v) is 7.20. The van der Waals surface area contributed by atoms with Crippen LogP contribution in [0.1, 0.15) is 45.4 Å². The Morgan fingerprint density at radius 3 is 2.56 bits per heavy atom. The van der Waals surface area contributed by atoms with Crippen molar-refractivity contribution < 1.29 is 14.6 Å². The van der Waals surface area contributed by atoms with E-state index < -0.39 is 0 Å². The van der Waals surface area contributed by atoms with Gasteiger partial charge in [0.2, 0.25) is 0 Å². The summed E-state index contributed by atoms with van der Waals surface area (Å²) in [6.45, 7) is 3.22. The quantitative estimate of drug-likeness (QED) is 0.538. The summed E-state index contributed by atoms with van der Waals surface area (Å²) in [6.07, 6.45) is 5.91. The van der Waals surface area contributed by atoms with Crippen LogP contribution in [0.3, 0.4) is 0 Å². The van der Waals surface area contributed by atoms with Gasteiger partial charge in [0, 0.05) is 13.2 Å². The summed E-state index contributed by atoms with van der Waals surface area (Å²) in [4.78, 5) is 11.9. The molecule has 0 bridgehead atoms. The third-order valence-electron chi connectivity index (χ3n) is 4.02. The Bertz CT molecular complexity index is 237. The minimum Gasteiger partial charge on any atom is -0.465 e. The van der Waals surface area contributed by atoms with Crippen LogP contribution >= 0.6 is 0 Å². The van der Waals surface area contributed by atoms with Crippen molar-refractivity contribution in [2.45, 2.75) is 45.4 Å². The van der Waals surface area contributed by atoms with Crippen molar-refractivity contribution in [3.8, 4) is 0 Å². The third kappa shape index (κ3) is 4.58. The standard InChI is InChI=1S/C14H27NO3/c1-2-3-8-18-14(17)13(9-15)12-6-4-11(10-16)5-7-12/h11-13,16H,2-10,15H2,1H3. The molecule has 0 aromatic carbocycles. The van der Waals surface area contributed by atoms with Gasteiger partial charge in [-0.25, -0.2) is 0 Å². The minimum atomic E-state index is -0.151. The second-order valence-corrected chi connectivity index (χ2v) is 5.33. The second kappa shape index (κ2) is 8.48. The maximum atomic E-state index is 11.9. The van der Waals surface area contributed by atoms with Gasteiger partial charge < -0.3 is 15.6 Å². The number of rotatable bonds is 7. The molecule has 0 aliphatic heterocycles. The van der Waals surface area contributed by atoms with E-state index in [9.17, 15) is 4.79 Å². The Morgan fingerprint density at radius 2 is 2.06 bits per heavy atom. The molecule has 1 unspecified atom stereocenters. The van der Waals surface area contributed by atoms with Crippen molar-refractivity contribution in [1.82, 2.24) is 0 Å². The molecule has 0 aromatic heterocycles. The van der Waals surface area contributed by atoms with E-state index in [4.69, 9.17) is 15.6 Å². The van der Waals surface area contributed by atoms with Gasteiger partial charge >= 0.3 is 5.97 Å². The highest BCUT2D eigenvalue weighted by atomic mass is 16.5. The first-order valence-electron chi connectivity index (χ1n) is 7.20. The van der Waals surface area contributed by atoms with Crippen LogP contribution in [0.2, 0.25) is 0 Å². The van der Waals surface area contributed by atoms with E-state index in [1.807, 2.05) is 0 Å². The summed E-state index contributed by atoms with van der Waals surface area (Å²) in [5, 5.41) is 9.11. The summed E-state index contributed by atoms with van der Waals surface area (Å²) in [5.74, 6) is 0.475. The third-order valence-corrected chi connectivity index (χ3v) is 4.02. The van der Waals surface area contributed by atoms with Gasteiger partial charge in [-0.15, -0.1) is 0 Å². The summed E-state index contributed by atoms with van der Waals surface area (Å²) in [5.41, 5.74) is 5.73. The van der Waals surface area contributed by atoms with Crippen LogP contribution in [0.4, 0.5) is 0 Å². The van der Waals surface area contributed by atoms with Crippen molar-refractivity contribution in [3.63, 3.8) is 0 Å². The van der Waals surface area contributed by atoms with Gasteiger partial charge in [-0.2, -0.15) is 0 Å². The van der Waals surface area contributed by atoms with Gasteiger partial charge in [0.15, 0.2) is 0 Å². The van der Waals surface area contributed by atoms with Crippen molar-refractivity contribution in [2.24, 2.45) is 23.5 Å². The topological polar surface area (TPSA) is 72.5 Å². The molecular formula is C14H27NO3. The molecule has 0 saturated heterocycles. The van der Waals surface area contributed by atoms with E-state index in [2.05, 4.69) is 6.92 Å². The molecular weight excluding hydrogens is 230 g/mol. The average Bonchev–Trinajstić information content (AvgIpc) is 2.41. The Balaban J connectivity index is 2.38. The summed E-state index contributed by atoms with van der Waals surface area (Å²) in [6, 6.07) is 0. The number of hydrogen-bond acceptors (Lipinski definition) is 4. The Morgan fingerprint density at radius 1 is 1.39 bits per heavy atom. The second-order valence-electron chi connectivity index (χ2n) is 5.33. The van der Waals surface area contributed by atoms with Crippen molar-refractivity contribution in [3.05, 3.63) is 0 Å². The van der Waals surface area contributed by atoms with Gasteiger partial charge in [0.25, 0.3) is 0 Å². The first kappa shape index (κ1) is 15.4. The highest BCUT2D eigenvalue weighted by Gasteiger charge is 2.31. The molecule has 0 amide bonds. The number of ether oxygens (including phenoxy) is 1. The van der Waals surface area contributed by atoms with Crippen LogP contribution < -0.4 is 5.73 Å². The van der Waals surface area contributed by atoms with Crippen LogP contribution in [0, 0.1) is 17.8 Å². The van der Waals surface area contributed by atoms with Crippen LogP contribution in [-0.2, 0) is 9.53 Å². The number of esters is 1. The number of hydrogen-bond donors (Lipinski definition) is 2. The summed E-state index contributed by atoms with van der Waals surface area (Å²) in [7, 11) is 0. The van der Waals surface area contributed by atoms with E-state index in [0.717, 1.165) is 38.5 Å². The largest absolute Gasteiger partial charge is 0.465 e. The number of carbonyl (C=O) groups excluding carboxylic acids is 1. The zero-order valence-electron chi connectivity index (χ0n) is 11.4. The van der Waals surface area contributed by atoms with Crippen LogP contribution in [0.15, 0.2) is 0 Å². The predicted octanol–water partition coefficient (Wildman–Crippen LogP) is 1.70. The molecule has 4 heteroatoms. The van der Waals surface area contributed by atoms with E-state index in [-0.39, 0.29) is 18.5 Å². The summed E-state index contributed by atoms with van der Waals surface area (Å²) < 4.78 is 5.27. The molecule has 106 valence electrons. The molecule has 1 fully saturated rings. The fraction of sp³-hybridized carbons (Fsp3) is 0.929. The molecule has 0 heterocycles. The lowest BCUT2D eigenvalue weighted by molar-refractivity contribution is -0.150. The fourth-order valence-corrected chi connectivity index (χ4v) is 2.68. The van der Waals surface area contributed by atoms with Crippen molar-refractivity contribution in [1.29, 1.82) is 0 Å². The van der Waals surface area contributed by atoms with Gasteiger partial charge in [0.1, 0.15) is 0 Å². The smallest absolute Gasteiger partial charge is 0.310 e. The Hall–Kier alpha value is -0.610. The average molecular weight is 257 g/mol. The molecule has 1 aliphatic carbocycles. The molecule has 0 aromatic rings. The molecule has 1 atom stereocenters. The van der Waals surface area contributed by atoms with E-state index in [1.54, 1.807) is 0 Å². The molecule has 0 radical (unpaired) electrons. The Labute approximate surface area is 110 Å². The van der Waals surface area contributed by atoms with Gasteiger partial charge in [-0.3, -0.25) is 4.79 Å². The van der Waals surface area contributed by atoms with Gasteiger partial charge in [0.05, 0.1) is 12.5 Å². The molecule has 18 heavy (non-hydrogen) atoms. The molecule has 1 saturated carbocycles. The lowest BCUT2D eigenvalue weighted by atomic mass is 9.76. The zero-order chi connectivity index (χ0) is 13.4. The first-order chi connectivity index (χ1) is 8.72. The normalized spacial score (nSPS) is 25.7. The molecule has 1 rings (SSSR count). The predicted molar refractivity (Wildman–Crippen MR) is 70.9 cm³/mol. The summed E-state index contributed by atoms with van der Waals surface area (Å²) >= 11 is 0. The molecule has 4 nitrogen and oxygen atoms in total. The minimum absolute atomic E-state index is 0.126. The number of unbranched alkanes of at least 4 members (excludes halogenated alkanes) is 1. The van der Waals surface area contributed by atoms with Crippen molar-refractivity contribution in [2.75, 3.05) is 19.8 Å². The monoisotopic (exact) mass is 257 g/mol. The van der Waals surface area contributed by atoms with Gasteiger partial charge in [-0.05, 0) is 43.9 Å². The molecule has 3 N–H and O–H groups in total. The number of aliphatic hydroxyl groups is 1. The zero-order valence-corrected chi connectivity index (χ0v) is 11.4. The SMILES string of the molecule is CCCCOC(=O)C(CN)C1CCC(CO)CC1.